The zero-order valence-corrected chi connectivity index (χ0v) is 16.2. The summed E-state index contributed by atoms with van der Waals surface area (Å²) in [4.78, 5) is 7.36. The minimum absolute atomic E-state index is 0.559. The van der Waals surface area contributed by atoms with Crippen molar-refractivity contribution in [2.75, 3.05) is 52.5 Å². The number of aryl methyl sites for hydroxylation is 1. The summed E-state index contributed by atoms with van der Waals surface area (Å²) >= 11 is 0. The van der Waals surface area contributed by atoms with E-state index in [1.807, 2.05) is 0 Å². The number of nitrogens with zero attached hydrogens (tertiary/aromatic N) is 2. The van der Waals surface area contributed by atoms with Crippen LogP contribution < -0.4 is 10.6 Å². The van der Waals surface area contributed by atoms with E-state index in [-0.39, 0.29) is 0 Å². The lowest BCUT2D eigenvalue weighted by molar-refractivity contribution is 0.0376. The molecule has 0 radical (unpaired) electrons. The molecule has 1 unspecified atom stereocenters. The molecule has 5 nitrogen and oxygen atoms in total. The van der Waals surface area contributed by atoms with Crippen LogP contribution in [0.3, 0.4) is 0 Å². The average molecular weight is 359 g/mol. The van der Waals surface area contributed by atoms with Gasteiger partial charge in [0.05, 0.1) is 13.2 Å². The molecule has 144 valence electrons. The van der Waals surface area contributed by atoms with Gasteiger partial charge < -0.3 is 15.4 Å². The van der Waals surface area contributed by atoms with Crippen molar-refractivity contribution in [2.45, 2.75) is 38.5 Å². The number of hydrogen-bond acceptors (Lipinski definition) is 3. The minimum atomic E-state index is 0.559. The molecule has 2 N–H and O–H groups in total. The van der Waals surface area contributed by atoms with Crippen LogP contribution >= 0.6 is 0 Å². The molecule has 1 fully saturated rings. The van der Waals surface area contributed by atoms with Crippen molar-refractivity contribution in [1.82, 2.24) is 15.5 Å². The number of aliphatic imine (C=N–C) groups is 1. The number of nitrogens with one attached hydrogen (secondary N) is 2. The molecular formula is C21H34N4O. The molecule has 5 heteroatoms. The minimum Gasteiger partial charge on any atom is -0.379 e. The van der Waals surface area contributed by atoms with Gasteiger partial charge in [-0.25, -0.2) is 0 Å². The summed E-state index contributed by atoms with van der Waals surface area (Å²) in [7, 11) is 0. The van der Waals surface area contributed by atoms with Crippen molar-refractivity contribution in [1.29, 1.82) is 0 Å². The molecule has 1 saturated heterocycles. The van der Waals surface area contributed by atoms with Gasteiger partial charge in [-0.15, -0.1) is 0 Å². The van der Waals surface area contributed by atoms with E-state index >= 15 is 0 Å². The fourth-order valence-electron chi connectivity index (χ4n) is 3.92. The summed E-state index contributed by atoms with van der Waals surface area (Å²) in [6.07, 6.45) is 4.88. The highest BCUT2D eigenvalue weighted by Crippen LogP contribution is 2.31. The molecule has 0 aromatic heterocycles. The van der Waals surface area contributed by atoms with Crippen molar-refractivity contribution in [3.63, 3.8) is 0 Å². The van der Waals surface area contributed by atoms with Crippen molar-refractivity contribution in [3.8, 4) is 0 Å². The summed E-state index contributed by atoms with van der Waals surface area (Å²) in [6, 6.07) is 8.89. The molecule has 1 aliphatic heterocycles. The Kier molecular flexibility index (Phi) is 7.77. The Labute approximate surface area is 158 Å². The molecular weight excluding hydrogens is 324 g/mol. The fraction of sp³-hybridized carbons (Fsp3) is 0.667. The van der Waals surface area contributed by atoms with E-state index in [0.717, 1.165) is 64.9 Å². The average Bonchev–Trinajstić information content (AvgIpc) is 2.70. The molecule has 1 aromatic rings. The standard InChI is InChI=1S/C21H34N4O/c1-2-22-21(23-11-6-12-25-13-15-26-16-14-25)24-17-19-9-5-8-18-7-3-4-10-20(18)19/h3-4,7,10,19H,2,5-6,8-9,11-17H2,1H3,(H2,22,23,24). The van der Waals surface area contributed by atoms with E-state index in [9.17, 15) is 0 Å². The van der Waals surface area contributed by atoms with Crippen LogP contribution in [-0.2, 0) is 11.2 Å². The third kappa shape index (κ3) is 5.71. The first-order valence-electron chi connectivity index (χ1n) is 10.3. The number of hydrogen-bond donors (Lipinski definition) is 2. The van der Waals surface area contributed by atoms with Gasteiger partial charge in [-0.3, -0.25) is 9.89 Å². The van der Waals surface area contributed by atoms with E-state index in [2.05, 4.69) is 46.7 Å². The first-order chi connectivity index (χ1) is 12.9. The van der Waals surface area contributed by atoms with Crippen LogP contribution in [0.5, 0.6) is 0 Å². The lowest BCUT2D eigenvalue weighted by atomic mass is 9.83. The van der Waals surface area contributed by atoms with Gasteiger partial charge in [0.25, 0.3) is 0 Å². The molecule has 1 heterocycles. The molecule has 1 aliphatic carbocycles. The molecule has 3 rings (SSSR count). The highest BCUT2D eigenvalue weighted by Gasteiger charge is 2.19. The Morgan fingerprint density at radius 3 is 2.92 bits per heavy atom. The summed E-state index contributed by atoms with van der Waals surface area (Å²) in [5, 5.41) is 6.89. The monoisotopic (exact) mass is 358 g/mol. The summed E-state index contributed by atoms with van der Waals surface area (Å²) in [6.45, 7) is 9.87. The lowest BCUT2D eigenvalue weighted by Crippen LogP contribution is -2.41. The van der Waals surface area contributed by atoms with Crippen LogP contribution in [0.25, 0.3) is 0 Å². The van der Waals surface area contributed by atoms with Crippen LogP contribution in [0.4, 0.5) is 0 Å². The number of rotatable bonds is 7. The van der Waals surface area contributed by atoms with Crippen molar-refractivity contribution >= 4 is 5.96 Å². The van der Waals surface area contributed by atoms with E-state index in [1.165, 1.54) is 30.4 Å². The zero-order valence-electron chi connectivity index (χ0n) is 16.2. The predicted octanol–water partition coefficient (Wildman–Crippen LogP) is 2.38. The van der Waals surface area contributed by atoms with Crippen LogP contribution in [-0.4, -0.2) is 63.3 Å². The lowest BCUT2D eigenvalue weighted by Gasteiger charge is -2.26. The molecule has 0 spiro atoms. The number of benzene rings is 1. The van der Waals surface area contributed by atoms with E-state index in [4.69, 9.17) is 9.73 Å². The fourth-order valence-corrected chi connectivity index (χ4v) is 3.92. The topological polar surface area (TPSA) is 48.9 Å². The second-order valence-electron chi connectivity index (χ2n) is 7.24. The summed E-state index contributed by atoms with van der Waals surface area (Å²) < 4.78 is 5.40. The van der Waals surface area contributed by atoms with E-state index in [1.54, 1.807) is 0 Å². The van der Waals surface area contributed by atoms with Crippen molar-refractivity contribution < 1.29 is 4.74 Å². The Morgan fingerprint density at radius 2 is 2.08 bits per heavy atom. The second-order valence-corrected chi connectivity index (χ2v) is 7.24. The quantitative estimate of drug-likeness (QED) is 0.446. The largest absolute Gasteiger partial charge is 0.379 e. The maximum absolute atomic E-state index is 5.40. The number of fused-ring (bicyclic) bond motifs is 1. The molecule has 0 bridgehead atoms. The molecule has 0 saturated carbocycles. The number of ether oxygens (including phenoxy) is 1. The van der Waals surface area contributed by atoms with Crippen molar-refractivity contribution in [3.05, 3.63) is 35.4 Å². The first-order valence-corrected chi connectivity index (χ1v) is 10.3. The van der Waals surface area contributed by atoms with Gasteiger partial charge in [-0.2, -0.15) is 0 Å². The van der Waals surface area contributed by atoms with Gasteiger partial charge in [-0.1, -0.05) is 24.3 Å². The van der Waals surface area contributed by atoms with Gasteiger partial charge in [0, 0.05) is 38.6 Å². The third-order valence-corrected chi connectivity index (χ3v) is 5.35. The highest BCUT2D eigenvalue weighted by molar-refractivity contribution is 5.79. The van der Waals surface area contributed by atoms with Gasteiger partial charge >= 0.3 is 0 Å². The normalized spacial score (nSPS) is 21.3. The third-order valence-electron chi connectivity index (χ3n) is 5.35. The maximum atomic E-state index is 5.40. The second kappa shape index (κ2) is 10.5. The molecule has 1 atom stereocenters. The Morgan fingerprint density at radius 1 is 1.23 bits per heavy atom. The number of morpholine rings is 1. The first kappa shape index (κ1) is 19.2. The molecule has 2 aliphatic rings. The van der Waals surface area contributed by atoms with Crippen molar-refractivity contribution in [2.24, 2.45) is 4.99 Å². The SMILES string of the molecule is CCNC(=NCC1CCCc2ccccc21)NCCCN1CCOCC1. The smallest absolute Gasteiger partial charge is 0.191 e. The van der Waals surface area contributed by atoms with Gasteiger partial charge in [0.1, 0.15) is 0 Å². The molecule has 26 heavy (non-hydrogen) atoms. The Hall–Kier alpha value is -1.59. The Bertz CT molecular complexity index is 569. The van der Waals surface area contributed by atoms with Crippen LogP contribution in [0.2, 0.25) is 0 Å². The predicted molar refractivity (Wildman–Crippen MR) is 108 cm³/mol. The van der Waals surface area contributed by atoms with Crippen LogP contribution in [0.1, 0.15) is 43.2 Å². The van der Waals surface area contributed by atoms with E-state index < -0.39 is 0 Å². The zero-order chi connectivity index (χ0) is 18.0. The Balaban J connectivity index is 1.46. The summed E-state index contributed by atoms with van der Waals surface area (Å²) in [5.74, 6) is 1.52. The van der Waals surface area contributed by atoms with Gasteiger partial charge in [0.2, 0.25) is 0 Å². The number of guanidine groups is 1. The summed E-state index contributed by atoms with van der Waals surface area (Å²) in [5.41, 5.74) is 3.02. The molecule has 0 amide bonds. The van der Waals surface area contributed by atoms with Gasteiger partial charge in [-0.05, 0) is 50.3 Å². The van der Waals surface area contributed by atoms with Gasteiger partial charge in [0.15, 0.2) is 5.96 Å². The van der Waals surface area contributed by atoms with Crippen LogP contribution in [0.15, 0.2) is 29.3 Å². The van der Waals surface area contributed by atoms with E-state index in [0.29, 0.717) is 5.92 Å². The van der Waals surface area contributed by atoms with Crippen LogP contribution in [0, 0.1) is 0 Å². The highest BCUT2D eigenvalue weighted by atomic mass is 16.5. The maximum Gasteiger partial charge on any atom is 0.191 e. The molecule has 1 aromatic carbocycles.